The Morgan fingerprint density at radius 2 is 1.65 bits per heavy atom. The minimum Gasteiger partial charge on any atom is -0.481 e. The standard InChI is InChI=1S/C14H23NO5/c1-9(2)11(12(17)18)15-10(16)8-14(13(19)20)6-4-3-5-7-14/h9,11H,3-8H2,1-2H3,(H,15,16)(H,17,18)(H,19,20). The van der Waals surface area contributed by atoms with Crippen LogP contribution >= 0.6 is 0 Å². The van der Waals surface area contributed by atoms with Crippen LogP contribution < -0.4 is 5.32 Å². The molecule has 0 heterocycles. The van der Waals surface area contributed by atoms with Crippen molar-refractivity contribution < 1.29 is 24.6 Å². The van der Waals surface area contributed by atoms with Gasteiger partial charge in [0.15, 0.2) is 0 Å². The predicted molar refractivity (Wildman–Crippen MR) is 72.2 cm³/mol. The van der Waals surface area contributed by atoms with Gasteiger partial charge in [-0.3, -0.25) is 9.59 Å². The van der Waals surface area contributed by atoms with Gasteiger partial charge in [0.1, 0.15) is 6.04 Å². The highest BCUT2D eigenvalue weighted by atomic mass is 16.4. The van der Waals surface area contributed by atoms with Gasteiger partial charge in [-0.1, -0.05) is 33.1 Å². The molecule has 6 nitrogen and oxygen atoms in total. The number of amides is 1. The van der Waals surface area contributed by atoms with E-state index in [-0.39, 0.29) is 12.3 Å². The number of rotatable bonds is 6. The number of carboxylic acid groups (broad SMARTS) is 2. The molecule has 6 heteroatoms. The van der Waals surface area contributed by atoms with Crippen molar-refractivity contribution in [2.75, 3.05) is 0 Å². The lowest BCUT2D eigenvalue weighted by molar-refractivity contribution is -0.154. The van der Waals surface area contributed by atoms with Crippen molar-refractivity contribution in [1.29, 1.82) is 0 Å². The van der Waals surface area contributed by atoms with Gasteiger partial charge in [0.05, 0.1) is 5.41 Å². The van der Waals surface area contributed by atoms with E-state index in [1.807, 2.05) is 0 Å². The summed E-state index contributed by atoms with van der Waals surface area (Å²) in [5.41, 5.74) is -1.03. The van der Waals surface area contributed by atoms with E-state index in [1.165, 1.54) is 0 Å². The summed E-state index contributed by atoms with van der Waals surface area (Å²) < 4.78 is 0. The van der Waals surface area contributed by atoms with Gasteiger partial charge >= 0.3 is 11.9 Å². The summed E-state index contributed by atoms with van der Waals surface area (Å²) in [5.74, 6) is -2.79. The first-order valence-corrected chi connectivity index (χ1v) is 7.04. The van der Waals surface area contributed by atoms with Crippen molar-refractivity contribution in [3.63, 3.8) is 0 Å². The fraction of sp³-hybridized carbons (Fsp3) is 0.786. The molecule has 114 valence electrons. The van der Waals surface area contributed by atoms with Crippen LogP contribution in [-0.4, -0.2) is 34.1 Å². The predicted octanol–water partition coefficient (Wildman–Crippen LogP) is 1.64. The molecular formula is C14H23NO5. The summed E-state index contributed by atoms with van der Waals surface area (Å²) in [4.78, 5) is 34.5. The van der Waals surface area contributed by atoms with Crippen LogP contribution in [0.5, 0.6) is 0 Å². The van der Waals surface area contributed by atoms with E-state index in [0.29, 0.717) is 12.8 Å². The molecule has 1 fully saturated rings. The van der Waals surface area contributed by atoms with Crippen LogP contribution in [0.2, 0.25) is 0 Å². The molecule has 0 aliphatic heterocycles. The molecule has 1 amide bonds. The first kappa shape index (κ1) is 16.5. The van der Waals surface area contributed by atoms with Gasteiger partial charge in [0.25, 0.3) is 0 Å². The highest BCUT2D eigenvalue weighted by molar-refractivity contribution is 5.88. The molecule has 1 saturated carbocycles. The van der Waals surface area contributed by atoms with E-state index in [2.05, 4.69) is 5.32 Å². The Kier molecular flexibility index (Phi) is 5.53. The molecule has 1 aliphatic carbocycles. The van der Waals surface area contributed by atoms with Crippen molar-refractivity contribution in [3.05, 3.63) is 0 Å². The number of carboxylic acids is 2. The van der Waals surface area contributed by atoms with Gasteiger partial charge in [0.2, 0.25) is 5.91 Å². The summed E-state index contributed by atoms with van der Waals surface area (Å²) in [5, 5.41) is 20.9. The second-order valence-electron chi connectivity index (χ2n) is 5.95. The lowest BCUT2D eigenvalue weighted by atomic mass is 9.71. The monoisotopic (exact) mass is 285 g/mol. The summed E-state index contributed by atoms with van der Waals surface area (Å²) in [7, 11) is 0. The highest BCUT2D eigenvalue weighted by Crippen LogP contribution is 2.39. The zero-order chi connectivity index (χ0) is 15.3. The topological polar surface area (TPSA) is 104 Å². The summed E-state index contributed by atoms with van der Waals surface area (Å²) >= 11 is 0. The number of nitrogens with one attached hydrogen (secondary N) is 1. The number of hydrogen-bond acceptors (Lipinski definition) is 3. The van der Waals surface area contributed by atoms with Crippen LogP contribution in [0.3, 0.4) is 0 Å². The van der Waals surface area contributed by atoms with Crippen LogP contribution in [0.25, 0.3) is 0 Å². The van der Waals surface area contributed by atoms with Crippen LogP contribution in [0.1, 0.15) is 52.4 Å². The Hall–Kier alpha value is -1.59. The second-order valence-corrected chi connectivity index (χ2v) is 5.95. The molecule has 0 aromatic carbocycles. The zero-order valence-electron chi connectivity index (χ0n) is 12.0. The molecule has 1 aliphatic rings. The normalized spacial score (nSPS) is 19.4. The molecule has 0 aromatic heterocycles. The third kappa shape index (κ3) is 3.95. The van der Waals surface area contributed by atoms with E-state index in [0.717, 1.165) is 19.3 Å². The van der Waals surface area contributed by atoms with Crippen LogP contribution in [-0.2, 0) is 14.4 Å². The molecule has 1 atom stereocenters. The molecule has 1 rings (SSSR count). The zero-order valence-corrected chi connectivity index (χ0v) is 12.0. The third-order valence-corrected chi connectivity index (χ3v) is 4.01. The van der Waals surface area contributed by atoms with Crippen molar-refractivity contribution in [1.82, 2.24) is 5.32 Å². The van der Waals surface area contributed by atoms with E-state index in [1.54, 1.807) is 13.8 Å². The van der Waals surface area contributed by atoms with Crippen molar-refractivity contribution in [2.45, 2.75) is 58.4 Å². The first-order valence-electron chi connectivity index (χ1n) is 7.04. The fourth-order valence-corrected chi connectivity index (χ4v) is 2.74. The average molecular weight is 285 g/mol. The molecule has 1 unspecified atom stereocenters. The smallest absolute Gasteiger partial charge is 0.326 e. The maximum absolute atomic E-state index is 12.0. The minimum atomic E-state index is -1.10. The van der Waals surface area contributed by atoms with Gasteiger partial charge in [-0.15, -0.1) is 0 Å². The van der Waals surface area contributed by atoms with E-state index >= 15 is 0 Å². The van der Waals surface area contributed by atoms with Crippen molar-refractivity contribution in [2.24, 2.45) is 11.3 Å². The lowest BCUT2D eigenvalue weighted by Crippen LogP contribution is -2.47. The van der Waals surface area contributed by atoms with Gasteiger partial charge in [-0.05, 0) is 18.8 Å². The summed E-state index contributed by atoms with van der Waals surface area (Å²) in [6.07, 6.45) is 3.40. The summed E-state index contributed by atoms with van der Waals surface area (Å²) in [6.45, 7) is 3.40. The molecule has 0 spiro atoms. The molecule has 0 aromatic rings. The van der Waals surface area contributed by atoms with Crippen LogP contribution in [0.4, 0.5) is 0 Å². The van der Waals surface area contributed by atoms with Crippen LogP contribution in [0.15, 0.2) is 0 Å². The molecule has 0 bridgehead atoms. The third-order valence-electron chi connectivity index (χ3n) is 4.01. The Labute approximate surface area is 118 Å². The average Bonchev–Trinajstić information content (AvgIpc) is 2.36. The lowest BCUT2D eigenvalue weighted by Gasteiger charge is -2.33. The highest BCUT2D eigenvalue weighted by Gasteiger charge is 2.42. The Morgan fingerprint density at radius 3 is 2.05 bits per heavy atom. The Bertz CT molecular complexity index is 385. The summed E-state index contributed by atoms with van der Waals surface area (Å²) in [6, 6.07) is -0.975. The van der Waals surface area contributed by atoms with E-state index in [4.69, 9.17) is 5.11 Å². The molecular weight excluding hydrogens is 262 g/mol. The molecule has 0 radical (unpaired) electrons. The number of hydrogen-bond donors (Lipinski definition) is 3. The Morgan fingerprint density at radius 1 is 1.10 bits per heavy atom. The first-order chi connectivity index (χ1) is 9.28. The largest absolute Gasteiger partial charge is 0.481 e. The van der Waals surface area contributed by atoms with Crippen molar-refractivity contribution in [3.8, 4) is 0 Å². The van der Waals surface area contributed by atoms with Crippen LogP contribution in [0, 0.1) is 11.3 Å². The second kappa shape index (κ2) is 6.72. The van der Waals surface area contributed by atoms with E-state index < -0.39 is 29.3 Å². The number of carbonyl (C=O) groups is 3. The molecule has 3 N–H and O–H groups in total. The van der Waals surface area contributed by atoms with Gasteiger partial charge in [-0.25, -0.2) is 4.79 Å². The minimum absolute atomic E-state index is 0.140. The van der Waals surface area contributed by atoms with Gasteiger partial charge in [-0.2, -0.15) is 0 Å². The van der Waals surface area contributed by atoms with Gasteiger partial charge in [0, 0.05) is 6.42 Å². The molecule has 20 heavy (non-hydrogen) atoms. The fourth-order valence-electron chi connectivity index (χ4n) is 2.74. The maximum atomic E-state index is 12.0. The van der Waals surface area contributed by atoms with E-state index in [9.17, 15) is 19.5 Å². The number of carbonyl (C=O) groups excluding carboxylic acids is 1. The maximum Gasteiger partial charge on any atom is 0.326 e. The SMILES string of the molecule is CC(C)C(NC(=O)CC1(C(=O)O)CCCCC1)C(=O)O. The quantitative estimate of drug-likeness (QED) is 0.688. The molecule has 0 saturated heterocycles. The Balaban J connectivity index is 2.71. The van der Waals surface area contributed by atoms with Gasteiger partial charge < -0.3 is 15.5 Å². The number of aliphatic carboxylic acids is 2. The van der Waals surface area contributed by atoms with Crippen molar-refractivity contribution >= 4 is 17.8 Å².